The fourth-order valence-electron chi connectivity index (χ4n) is 3.19. The number of guanidine groups is 1. The van der Waals surface area contributed by atoms with E-state index >= 15 is 0 Å². The summed E-state index contributed by atoms with van der Waals surface area (Å²) in [6, 6.07) is 13.4. The smallest absolute Gasteiger partial charge is 0.191 e. The van der Waals surface area contributed by atoms with Crippen LogP contribution < -0.4 is 15.4 Å². The van der Waals surface area contributed by atoms with Gasteiger partial charge in [0.15, 0.2) is 15.8 Å². The number of nitrogens with zero attached hydrogens (tertiary/aromatic N) is 1. The molecule has 2 N–H and O–H groups in total. The Bertz CT molecular complexity index is 999. The Kier molecular flexibility index (Phi) is 7.89. The van der Waals surface area contributed by atoms with Crippen molar-refractivity contribution in [1.29, 1.82) is 0 Å². The highest BCUT2D eigenvalue weighted by atomic mass is 32.2. The number of aliphatic imine (C=N–C) groups is 1. The third-order valence-corrected chi connectivity index (χ3v) is 6.21. The number of nitrogens with one attached hydrogen (secondary N) is 2. The molecule has 30 heavy (non-hydrogen) atoms. The molecule has 7 heteroatoms. The molecule has 0 bridgehead atoms. The van der Waals surface area contributed by atoms with Crippen molar-refractivity contribution >= 4 is 15.8 Å². The highest BCUT2D eigenvalue weighted by Crippen LogP contribution is 2.25. The van der Waals surface area contributed by atoms with E-state index in [1.54, 1.807) is 13.2 Å². The van der Waals surface area contributed by atoms with Crippen LogP contribution in [0, 0.1) is 6.92 Å². The average Bonchev–Trinajstić information content (AvgIpc) is 2.69. The third kappa shape index (κ3) is 6.49. The monoisotopic (exact) mass is 431 g/mol. The maximum absolute atomic E-state index is 11.8. The van der Waals surface area contributed by atoms with Gasteiger partial charge in [-0.25, -0.2) is 13.4 Å². The van der Waals surface area contributed by atoms with Crippen LogP contribution in [0.15, 0.2) is 52.4 Å². The zero-order valence-corrected chi connectivity index (χ0v) is 19.6. The molecule has 164 valence electrons. The lowest BCUT2D eigenvalue weighted by molar-refractivity contribution is 0.411. The van der Waals surface area contributed by atoms with Crippen LogP contribution in [0.3, 0.4) is 0 Å². The summed E-state index contributed by atoms with van der Waals surface area (Å²) in [6.07, 6.45) is 1.23. The van der Waals surface area contributed by atoms with E-state index in [-0.39, 0.29) is 5.41 Å². The van der Waals surface area contributed by atoms with Gasteiger partial charge >= 0.3 is 0 Å². The molecule has 0 aliphatic heterocycles. The van der Waals surface area contributed by atoms with E-state index in [0.717, 1.165) is 29.4 Å². The van der Waals surface area contributed by atoms with Gasteiger partial charge < -0.3 is 15.4 Å². The fraction of sp³-hybridized carbons (Fsp3) is 0.435. The number of sulfone groups is 1. The van der Waals surface area contributed by atoms with Crippen LogP contribution in [0.2, 0.25) is 0 Å². The van der Waals surface area contributed by atoms with Crippen molar-refractivity contribution in [3.63, 3.8) is 0 Å². The number of rotatable bonds is 8. The van der Waals surface area contributed by atoms with E-state index in [1.807, 2.05) is 38.1 Å². The van der Waals surface area contributed by atoms with Gasteiger partial charge in [0.05, 0.1) is 18.6 Å². The quantitative estimate of drug-likeness (QED) is 0.494. The Hall–Kier alpha value is -2.54. The van der Waals surface area contributed by atoms with E-state index in [1.165, 1.54) is 11.8 Å². The van der Waals surface area contributed by atoms with Gasteiger partial charge in [-0.15, -0.1) is 0 Å². The fourth-order valence-corrected chi connectivity index (χ4v) is 4.15. The molecule has 0 aromatic heterocycles. The Labute approximate surface area is 180 Å². The highest BCUT2D eigenvalue weighted by Gasteiger charge is 2.21. The first-order valence-corrected chi connectivity index (χ1v) is 11.9. The molecular formula is C23H33N3O3S. The second-order valence-electron chi connectivity index (χ2n) is 8.04. The minimum Gasteiger partial charge on any atom is -0.497 e. The maximum atomic E-state index is 11.8. The molecule has 0 aliphatic carbocycles. The normalized spacial score (nSPS) is 12.5. The molecule has 0 saturated heterocycles. The Morgan fingerprint density at radius 1 is 1.13 bits per heavy atom. The van der Waals surface area contributed by atoms with E-state index in [9.17, 15) is 8.42 Å². The molecule has 0 radical (unpaired) electrons. The van der Waals surface area contributed by atoms with Crippen LogP contribution in [-0.4, -0.2) is 40.8 Å². The van der Waals surface area contributed by atoms with Gasteiger partial charge in [-0.2, -0.15) is 0 Å². The zero-order chi connectivity index (χ0) is 22.4. The van der Waals surface area contributed by atoms with Crippen LogP contribution in [-0.2, 0) is 21.8 Å². The zero-order valence-electron chi connectivity index (χ0n) is 18.7. The van der Waals surface area contributed by atoms with Crippen molar-refractivity contribution in [2.45, 2.75) is 44.6 Å². The lowest BCUT2D eigenvalue weighted by Gasteiger charge is -2.27. The summed E-state index contributed by atoms with van der Waals surface area (Å²) < 4.78 is 28.9. The van der Waals surface area contributed by atoms with E-state index in [0.29, 0.717) is 18.0 Å². The van der Waals surface area contributed by atoms with Crippen molar-refractivity contribution in [1.82, 2.24) is 10.6 Å². The second-order valence-corrected chi connectivity index (χ2v) is 10.0. The number of hydrogen-bond donors (Lipinski definition) is 2. The van der Waals surface area contributed by atoms with Gasteiger partial charge in [-0.1, -0.05) is 38.1 Å². The van der Waals surface area contributed by atoms with E-state index < -0.39 is 9.84 Å². The lowest BCUT2D eigenvalue weighted by Crippen LogP contribution is -2.43. The van der Waals surface area contributed by atoms with Crippen LogP contribution >= 0.6 is 0 Å². The van der Waals surface area contributed by atoms with Crippen LogP contribution in [0.1, 0.15) is 37.5 Å². The summed E-state index contributed by atoms with van der Waals surface area (Å²) >= 11 is 0. The first-order valence-electron chi connectivity index (χ1n) is 10.0. The largest absolute Gasteiger partial charge is 0.497 e. The maximum Gasteiger partial charge on any atom is 0.191 e. The minimum atomic E-state index is -3.22. The summed E-state index contributed by atoms with van der Waals surface area (Å²) in [5.41, 5.74) is 2.75. The first kappa shape index (κ1) is 23.7. The highest BCUT2D eigenvalue weighted by molar-refractivity contribution is 7.90. The number of ether oxygens (including phenoxy) is 1. The molecule has 0 saturated carbocycles. The van der Waals surface area contributed by atoms with Crippen LogP contribution in [0.25, 0.3) is 0 Å². The van der Waals surface area contributed by atoms with Crippen molar-refractivity contribution in [3.8, 4) is 5.75 Å². The Morgan fingerprint density at radius 3 is 2.47 bits per heavy atom. The third-order valence-electron chi connectivity index (χ3n) is 4.95. The summed E-state index contributed by atoms with van der Waals surface area (Å²) in [6.45, 7) is 10.1. The number of methoxy groups -OCH3 is 1. The second kappa shape index (κ2) is 9.98. The van der Waals surface area contributed by atoms with Gasteiger partial charge in [-0.3, -0.25) is 0 Å². The molecule has 0 aliphatic rings. The van der Waals surface area contributed by atoms with Crippen molar-refractivity contribution < 1.29 is 13.2 Å². The minimum absolute atomic E-state index is 0.127. The van der Waals surface area contributed by atoms with Gasteiger partial charge in [0.25, 0.3) is 0 Å². The summed E-state index contributed by atoms with van der Waals surface area (Å²) in [5.74, 6) is 1.56. The van der Waals surface area contributed by atoms with Crippen molar-refractivity contribution in [3.05, 3.63) is 59.2 Å². The SMILES string of the molecule is CCNC(=NCc1ccc(S(C)(=O)=O)c(C)c1)NCC(C)(C)c1cccc(OC)c1. The van der Waals surface area contributed by atoms with Gasteiger partial charge in [-0.05, 0) is 48.7 Å². The van der Waals surface area contributed by atoms with E-state index in [2.05, 4.69) is 41.6 Å². The summed E-state index contributed by atoms with van der Waals surface area (Å²) in [4.78, 5) is 5.03. The molecular weight excluding hydrogens is 398 g/mol. The van der Waals surface area contributed by atoms with Gasteiger partial charge in [0, 0.05) is 24.8 Å². The Balaban J connectivity index is 2.11. The summed E-state index contributed by atoms with van der Waals surface area (Å²) in [5, 5.41) is 6.69. The molecule has 6 nitrogen and oxygen atoms in total. The molecule has 0 heterocycles. The number of hydrogen-bond acceptors (Lipinski definition) is 4. The molecule has 0 spiro atoms. The first-order chi connectivity index (χ1) is 14.1. The topological polar surface area (TPSA) is 79.8 Å². The average molecular weight is 432 g/mol. The predicted molar refractivity (Wildman–Crippen MR) is 123 cm³/mol. The molecule has 2 rings (SSSR count). The van der Waals surface area contributed by atoms with Crippen molar-refractivity contribution in [2.75, 3.05) is 26.5 Å². The van der Waals surface area contributed by atoms with Gasteiger partial charge in [0.2, 0.25) is 0 Å². The lowest BCUT2D eigenvalue weighted by atomic mass is 9.84. The van der Waals surface area contributed by atoms with Gasteiger partial charge in [0.1, 0.15) is 5.75 Å². The molecule has 0 amide bonds. The molecule has 0 fully saturated rings. The van der Waals surface area contributed by atoms with Crippen LogP contribution in [0.4, 0.5) is 0 Å². The summed E-state index contributed by atoms with van der Waals surface area (Å²) in [7, 11) is -1.54. The molecule has 0 atom stereocenters. The molecule has 2 aromatic carbocycles. The molecule has 2 aromatic rings. The van der Waals surface area contributed by atoms with E-state index in [4.69, 9.17) is 4.74 Å². The number of aryl methyl sites for hydroxylation is 1. The Morgan fingerprint density at radius 2 is 1.87 bits per heavy atom. The number of benzene rings is 2. The van der Waals surface area contributed by atoms with Crippen LogP contribution in [0.5, 0.6) is 5.75 Å². The molecule has 0 unspecified atom stereocenters. The van der Waals surface area contributed by atoms with Crippen molar-refractivity contribution in [2.24, 2.45) is 4.99 Å². The predicted octanol–water partition coefficient (Wildman–Crippen LogP) is 3.44. The standard InChI is InChI=1S/C23H33N3O3S/c1-7-24-22(25-15-18-11-12-21(17(2)13-18)30(6,27)28)26-16-23(3,4)19-9-8-10-20(14-19)29-5/h8-14H,7,15-16H2,1-6H3,(H2,24,25,26).